The molecule has 2 aromatic rings. The van der Waals surface area contributed by atoms with E-state index >= 15 is 0 Å². The van der Waals surface area contributed by atoms with Crippen molar-refractivity contribution >= 4 is 23.9 Å². The lowest BCUT2D eigenvalue weighted by Crippen LogP contribution is -2.46. The zero-order valence-corrected chi connectivity index (χ0v) is 16.8. The predicted molar refractivity (Wildman–Crippen MR) is 106 cm³/mol. The number of rotatable bonds is 5. The summed E-state index contributed by atoms with van der Waals surface area (Å²) in [5.41, 5.74) is -2.08. The maximum absolute atomic E-state index is 13.0. The van der Waals surface area contributed by atoms with Crippen LogP contribution in [0, 0.1) is 0 Å². The Kier molecular flexibility index (Phi) is 6.19. The number of hydrogen-bond acceptors (Lipinski definition) is 4. The molecule has 168 valence electrons. The van der Waals surface area contributed by atoms with Gasteiger partial charge < -0.3 is 10.6 Å². The zero-order valence-electron chi connectivity index (χ0n) is 16.8. The molecule has 1 heterocycles. The molecule has 0 bridgehead atoms. The van der Waals surface area contributed by atoms with Gasteiger partial charge in [0.1, 0.15) is 12.1 Å². The molecule has 32 heavy (non-hydrogen) atoms. The third kappa shape index (κ3) is 4.88. The van der Waals surface area contributed by atoms with Crippen LogP contribution >= 0.6 is 0 Å². The molecule has 0 aromatic heterocycles. The summed E-state index contributed by atoms with van der Waals surface area (Å²) < 4.78 is 39.1. The van der Waals surface area contributed by atoms with Crippen LogP contribution in [0.4, 0.5) is 22.8 Å². The molecule has 3 N–H and O–H groups in total. The second-order valence-electron chi connectivity index (χ2n) is 7.24. The molecule has 1 unspecified atom stereocenters. The average Bonchev–Trinajstić information content (AvgIpc) is 2.96. The molecular weight excluding hydrogens is 429 g/mol. The Morgan fingerprint density at radius 1 is 1.06 bits per heavy atom. The Morgan fingerprint density at radius 3 is 2.41 bits per heavy atom. The molecule has 0 saturated carbocycles. The molecule has 1 aliphatic rings. The summed E-state index contributed by atoms with van der Waals surface area (Å²) in [6.07, 6.45) is -4.63. The number of amides is 6. The van der Waals surface area contributed by atoms with Gasteiger partial charge in [0.25, 0.3) is 5.91 Å². The van der Waals surface area contributed by atoms with Gasteiger partial charge >= 0.3 is 18.2 Å². The van der Waals surface area contributed by atoms with E-state index in [0.29, 0.717) is 4.90 Å². The van der Waals surface area contributed by atoms with Gasteiger partial charge in [-0.05, 0) is 30.2 Å². The summed E-state index contributed by atoms with van der Waals surface area (Å²) in [6.45, 7) is 0.613. The monoisotopic (exact) mass is 448 g/mol. The molecule has 1 fully saturated rings. The highest BCUT2D eigenvalue weighted by atomic mass is 19.4. The van der Waals surface area contributed by atoms with Crippen molar-refractivity contribution in [1.29, 1.82) is 0 Å². The summed E-state index contributed by atoms with van der Waals surface area (Å²) in [4.78, 5) is 49.7. The molecule has 1 aliphatic heterocycles. The van der Waals surface area contributed by atoms with Crippen molar-refractivity contribution in [3.63, 3.8) is 0 Å². The Hall–Kier alpha value is -3.89. The number of benzene rings is 2. The highest BCUT2D eigenvalue weighted by Crippen LogP contribution is 2.34. The Morgan fingerprint density at radius 2 is 1.75 bits per heavy atom. The standard InChI is InChI=1S/C21H19F3N4O4/c1-20(14-8-5-9-15(10-14)21(22,23)24)17(30)28(19(32)27-20)12-16(29)26-18(31)25-11-13-6-3-2-4-7-13/h2-10H,11-12H2,1H3,(H,27,32)(H2,25,26,29,31). The van der Waals surface area contributed by atoms with Crippen molar-refractivity contribution in [2.24, 2.45) is 0 Å². The van der Waals surface area contributed by atoms with Crippen LogP contribution in [0.5, 0.6) is 0 Å². The fourth-order valence-corrected chi connectivity index (χ4v) is 3.17. The minimum atomic E-state index is -4.63. The van der Waals surface area contributed by atoms with Crippen molar-refractivity contribution in [3.05, 3.63) is 71.3 Å². The Labute approximate surface area is 180 Å². The van der Waals surface area contributed by atoms with Crippen LogP contribution in [0.2, 0.25) is 0 Å². The number of urea groups is 2. The second-order valence-corrected chi connectivity index (χ2v) is 7.24. The molecule has 8 nitrogen and oxygen atoms in total. The molecule has 3 rings (SSSR count). The van der Waals surface area contributed by atoms with Gasteiger partial charge in [0.05, 0.1) is 5.56 Å². The Bertz CT molecular complexity index is 1060. The Balaban J connectivity index is 1.64. The fourth-order valence-electron chi connectivity index (χ4n) is 3.17. The molecule has 0 aliphatic carbocycles. The van der Waals surface area contributed by atoms with Gasteiger partial charge in [0, 0.05) is 6.54 Å². The molecule has 2 aromatic carbocycles. The third-order valence-electron chi connectivity index (χ3n) is 4.89. The number of nitrogens with one attached hydrogen (secondary N) is 3. The van der Waals surface area contributed by atoms with Crippen LogP contribution in [-0.2, 0) is 27.8 Å². The first-order valence-corrected chi connectivity index (χ1v) is 9.44. The molecule has 0 spiro atoms. The maximum atomic E-state index is 13.0. The minimum Gasteiger partial charge on any atom is -0.334 e. The van der Waals surface area contributed by atoms with E-state index in [4.69, 9.17) is 0 Å². The topological polar surface area (TPSA) is 108 Å². The van der Waals surface area contributed by atoms with Gasteiger partial charge in [0.15, 0.2) is 0 Å². The summed E-state index contributed by atoms with van der Waals surface area (Å²) in [5, 5.41) is 6.78. The minimum absolute atomic E-state index is 0.0887. The SMILES string of the molecule is CC1(c2cccc(C(F)(F)F)c2)NC(=O)N(CC(=O)NC(=O)NCc2ccccc2)C1=O. The first kappa shape index (κ1) is 22.8. The summed E-state index contributed by atoms with van der Waals surface area (Å²) in [5.74, 6) is -1.85. The van der Waals surface area contributed by atoms with Crippen molar-refractivity contribution in [2.45, 2.75) is 25.2 Å². The van der Waals surface area contributed by atoms with Crippen LogP contribution in [0.25, 0.3) is 0 Å². The number of alkyl halides is 3. The molecule has 6 amide bonds. The number of halogens is 3. The molecular formula is C21H19F3N4O4. The summed E-state index contributed by atoms with van der Waals surface area (Å²) in [7, 11) is 0. The van der Waals surface area contributed by atoms with E-state index in [1.165, 1.54) is 13.0 Å². The maximum Gasteiger partial charge on any atom is 0.416 e. The lowest BCUT2D eigenvalue weighted by Gasteiger charge is -2.23. The second kappa shape index (κ2) is 8.69. The van der Waals surface area contributed by atoms with Gasteiger partial charge in [-0.25, -0.2) is 9.59 Å². The van der Waals surface area contributed by atoms with Crippen molar-refractivity contribution in [3.8, 4) is 0 Å². The fraction of sp³-hybridized carbons (Fsp3) is 0.238. The number of carbonyl (C=O) groups excluding carboxylic acids is 4. The van der Waals surface area contributed by atoms with E-state index in [9.17, 15) is 32.3 Å². The van der Waals surface area contributed by atoms with E-state index in [0.717, 1.165) is 23.8 Å². The van der Waals surface area contributed by atoms with E-state index in [2.05, 4.69) is 10.6 Å². The smallest absolute Gasteiger partial charge is 0.334 e. The molecule has 0 radical (unpaired) electrons. The molecule has 1 saturated heterocycles. The van der Waals surface area contributed by atoms with Crippen molar-refractivity contribution < 1.29 is 32.3 Å². The molecule has 11 heteroatoms. The van der Waals surface area contributed by atoms with Crippen LogP contribution in [0.3, 0.4) is 0 Å². The quantitative estimate of drug-likeness (QED) is 0.611. The van der Waals surface area contributed by atoms with Crippen LogP contribution in [-0.4, -0.2) is 35.3 Å². The van der Waals surface area contributed by atoms with Gasteiger partial charge in [-0.1, -0.05) is 42.5 Å². The highest BCUT2D eigenvalue weighted by molar-refractivity contribution is 6.10. The number of imide groups is 2. The lowest BCUT2D eigenvalue weighted by molar-refractivity contribution is -0.138. The van der Waals surface area contributed by atoms with Crippen LogP contribution in [0.1, 0.15) is 23.6 Å². The van der Waals surface area contributed by atoms with Gasteiger partial charge in [-0.3, -0.25) is 19.8 Å². The van der Waals surface area contributed by atoms with E-state index in [-0.39, 0.29) is 12.1 Å². The van der Waals surface area contributed by atoms with Crippen molar-refractivity contribution in [1.82, 2.24) is 20.9 Å². The van der Waals surface area contributed by atoms with E-state index < -0.39 is 47.7 Å². The summed E-state index contributed by atoms with van der Waals surface area (Å²) in [6, 6.07) is 11.1. The van der Waals surface area contributed by atoms with Crippen molar-refractivity contribution in [2.75, 3.05) is 6.54 Å². The van der Waals surface area contributed by atoms with Gasteiger partial charge in [0.2, 0.25) is 5.91 Å². The average molecular weight is 448 g/mol. The number of nitrogens with zero attached hydrogens (tertiary/aromatic N) is 1. The van der Waals surface area contributed by atoms with E-state index in [1.54, 1.807) is 30.3 Å². The van der Waals surface area contributed by atoms with Crippen LogP contribution < -0.4 is 16.0 Å². The van der Waals surface area contributed by atoms with Crippen LogP contribution in [0.15, 0.2) is 54.6 Å². The first-order chi connectivity index (χ1) is 15.0. The molecule has 1 atom stereocenters. The highest BCUT2D eigenvalue weighted by Gasteiger charge is 2.50. The number of hydrogen-bond donors (Lipinski definition) is 3. The lowest BCUT2D eigenvalue weighted by atomic mass is 9.90. The summed E-state index contributed by atoms with van der Waals surface area (Å²) >= 11 is 0. The van der Waals surface area contributed by atoms with Gasteiger partial charge in [-0.15, -0.1) is 0 Å². The van der Waals surface area contributed by atoms with Gasteiger partial charge in [-0.2, -0.15) is 13.2 Å². The van der Waals surface area contributed by atoms with E-state index in [1.807, 2.05) is 5.32 Å². The predicted octanol–water partition coefficient (Wildman–Crippen LogP) is 2.50. The number of carbonyl (C=O) groups is 4. The zero-order chi connectivity index (χ0) is 23.5. The first-order valence-electron chi connectivity index (χ1n) is 9.44. The third-order valence-corrected chi connectivity index (χ3v) is 4.89. The largest absolute Gasteiger partial charge is 0.416 e. The normalized spacial score (nSPS) is 18.3.